The summed E-state index contributed by atoms with van der Waals surface area (Å²) >= 11 is 0. The molecular formula is C14H14N2O4. The number of aromatic nitrogens is 2. The smallest absolute Gasteiger partial charge is 0.342 e. The van der Waals surface area contributed by atoms with Crippen molar-refractivity contribution < 1.29 is 14.6 Å². The Bertz CT molecular complexity index is 707. The van der Waals surface area contributed by atoms with Crippen LogP contribution in [0.4, 0.5) is 0 Å². The first-order valence-corrected chi connectivity index (χ1v) is 6.06. The molecule has 0 aliphatic heterocycles. The highest BCUT2D eigenvalue weighted by Gasteiger charge is 2.19. The van der Waals surface area contributed by atoms with E-state index in [1.165, 1.54) is 13.3 Å². The Morgan fingerprint density at radius 1 is 1.45 bits per heavy atom. The predicted molar refractivity (Wildman–Crippen MR) is 73.1 cm³/mol. The average molecular weight is 274 g/mol. The summed E-state index contributed by atoms with van der Waals surface area (Å²) in [7, 11) is 1.52. The minimum absolute atomic E-state index is 0.282. The van der Waals surface area contributed by atoms with Gasteiger partial charge in [-0.05, 0) is 24.6 Å². The van der Waals surface area contributed by atoms with Crippen molar-refractivity contribution in [2.75, 3.05) is 7.11 Å². The lowest BCUT2D eigenvalue weighted by Crippen LogP contribution is -2.28. The molecule has 0 aliphatic carbocycles. The van der Waals surface area contributed by atoms with Crippen molar-refractivity contribution in [3.63, 3.8) is 0 Å². The van der Waals surface area contributed by atoms with Crippen LogP contribution in [0.1, 0.15) is 17.3 Å². The van der Waals surface area contributed by atoms with E-state index in [-0.39, 0.29) is 11.1 Å². The molecule has 0 bridgehead atoms. The highest BCUT2D eigenvalue weighted by atomic mass is 16.5. The van der Waals surface area contributed by atoms with Crippen LogP contribution in [0.3, 0.4) is 0 Å². The lowest BCUT2D eigenvalue weighted by molar-refractivity contribution is 0.0694. The van der Waals surface area contributed by atoms with Gasteiger partial charge in [-0.1, -0.05) is 12.1 Å². The Hall–Kier alpha value is -2.63. The van der Waals surface area contributed by atoms with Crippen LogP contribution in [0.2, 0.25) is 0 Å². The van der Waals surface area contributed by atoms with Gasteiger partial charge in [0.2, 0.25) is 0 Å². The largest absolute Gasteiger partial charge is 0.497 e. The Morgan fingerprint density at radius 3 is 2.80 bits per heavy atom. The van der Waals surface area contributed by atoms with Gasteiger partial charge >= 0.3 is 5.97 Å². The molecule has 104 valence electrons. The maximum Gasteiger partial charge on any atom is 0.342 e. The van der Waals surface area contributed by atoms with E-state index in [4.69, 9.17) is 4.74 Å². The molecule has 1 heterocycles. The Kier molecular flexibility index (Phi) is 3.84. The van der Waals surface area contributed by atoms with Crippen LogP contribution in [0.15, 0.2) is 35.3 Å². The molecule has 2 aromatic rings. The number of aryl methyl sites for hydroxylation is 1. The zero-order valence-corrected chi connectivity index (χ0v) is 11.2. The number of hydrogen-bond donors (Lipinski definition) is 1. The number of aromatic carboxylic acids is 1. The van der Waals surface area contributed by atoms with Crippen LogP contribution in [0.5, 0.6) is 5.75 Å². The van der Waals surface area contributed by atoms with Crippen LogP contribution < -0.4 is 10.3 Å². The van der Waals surface area contributed by atoms with Crippen LogP contribution >= 0.6 is 0 Å². The third-order valence-corrected chi connectivity index (χ3v) is 2.94. The summed E-state index contributed by atoms with van der Waals surface area (Å²) in [5.41, 5.74) is -0.0314. The first kappa shape index (κ1) is 13.8. The third-order valence-electron chi connectivity index (χ3n) is 2.94. The maximum atomic E-state index is 12.1. The number of methoxy groups -OCH3 is 1. The molecule has 1 aromatic carbocycles. The van der Waals surface area contributed by atoms with Crippen molar-refractivity contribution in [1.82, 2.24) is 9.78 Å². The molecule has 6 nitrogen and oxygen atoms in total. The first-order chi connectivity index (χ1) is 9.58. The summed E-state index contributed by atoms with van der Waals surface area (Å²) in [5, 5.41) is 13.3. The number of carbonyl (C=O) groups is 1. The van der Waals surface area contributed by atoms with E-state index in [1.54, 1.807) is 31.2 Å². The van der Waals surface area contributed by atoms with Gasteiger partial charge in [-0.25, -0.2) is 9.48 Å². The molecule has 0 saturated carbocycles. The number of carboxylic acids is 1. The number of ether oxygens (including phenoxy) is 1. The van der Waals surface area contributed by atoms with Gasteiger partial charge in [-0.3, -0.25) is 4.79 Å². The summed E-state index contributed by atoms with van der Waals surface area (Å²) in [6, 6.07) is 6.84. The van der Waals surface area contributed by atoms with Gasteiger partial charge in [0.1, 0.15) is 11.3 Å². The summed E-state index contributed by atoms with van der Waals surface area (Å²) in [4.78, 5) is 23.4. The highest BCUT2D eigenvalue weighted by molar-refractivity contribution is 5.95. The Morgan fingerprint density at radius 2 is 2.20 bits per heavy atom. The van der Waals surface area contributed by atoms with E-state index in [0.29, 0.717) is 17.9 Å². The monoisotopic (exact) mass is 274 g/mol. The normalized spacial score (nSPS) is 10.3. The minimum atomic E-state index is -1.27. The van der Waals surface area contributed by atoms with Gasteiger partial charge in [-0.15, -0.1) is 0 Å². The van der Waals surface area contributed by atoms with Gasteiger partial charge in [0.05, 0.1) is 13.3 Å². The van der Waals surface area contributed by atoms with E-state index < -0.39 is 11.5 Å². The molecule has 0 amide bonds. The lowest BCUT2D eigenvalue weighted by Gasteiger charge is -2.09. The number of hydrogen-bond acceptors (Lipinski definition) is 4. The fraction of sp³-hybridized carbons (Fsp3) is 0.214. The molecule has 2 rings (SSSR count). The number of carboxylic acid groups (broad SMARTS) is 1. The molecule has 1 N–H and O–H groups in total. The molecule has 20 heavy (non-hydrogen) atoms. The molecule has 0 unspecified atom stereocenters. The second-order valence-corrected chi connectivity index (χ2v) is 4.09. The predicted octanol–water partition coefficient (Wildman–Crippen LogP) is 1.64. The van der Waals surface area contributed by atoms with Crippen molar-refractivity contribution in [1.29, 1.82) is 0 Å². The van der Waals surface area contributed by atoms with Gasteiger partial charge in [0.15, 0.2) is 0 Å². The maximum absolute atomic E-state index is 12.1. The first-order valence-electron chi connectivity index (χ1n) is 6.06. The van der Waals surface area contributed by atoms with Crippen LogP contribution in [0, 0.1) is 0 Å². The van der Waals surface area contributed by atoms with Gasteiger partial charge in [-0.2, -0.15) is 5.10 Å². The van der Waals surface area contributed by atoms with Crippen LogP contribution in [0.25, 0.3) is 11.1 Å². The van der Waals surface area contributed by atoms with Crippen molar-refractivity contribution in [2.24, 2.45) is 0 Å². The molecular weight excluding hydrogens is 260 g/mol. The SMILES string of the molecule is CCn1ncc(-c2cccc(OC)c2)c(C(=O)O)c1=O. The Labute approximate surface area is 115 Å². The van der Waals surface area contributed by atoms with Crippen LogP contribution in [-0.4, -0.2) is 28.0 Å². The molecule has 0 atom stereocenters. The van der Waals surface area contributed by atoms with E-state index in [9.17, 15) is 14.7 Å². The zero-order valence-electron chi connectivity index (χ0n) is 11.2. The van der Waals surface area contributed by atoms with Crippen molar-refractivity contribution in [3.8, 4) is 16.9 Å². The molecule has 1 aromatic heterocycles. The summed E-state index contributed by atoms with van der Waals surface area (Å²) in [5.74, 6) is -0.684. The molecule has 0 fully saturated rings. The van der Waals surface area contributed by atoms with Crippen LogP contribution in [-0.2, 0) is 6.54 Å². The summed E-state index contributed by atoms with van der Waals surface area (Å²) in [6.07, 6.45) is 1.39. The molecule has 0 radical (unpaired) electrons. The van der Waals surface area contributed by atoms with Gasteiger partial charge in [0.25, 0.3) is 5.56 Å². The van der Waals surface area contributed by atoms with Crippen molar-refractivity contribution >= 4 is 5.97 Å². The second kappa shape index (κ2) is 5.56. The number of rotatable bonds is 4. The third kappa shape index (κ3) is 2.40. The summed E-state index contributed by atoms with van der Waals surface area (Å²) < 4.78 is 6.22. The standard InChI is InChI=1S/C14H14N2O4/c1-3-16-13(17)12(14(18)19)11(8-15-16)9-5-4-6-10(7-9)20-2/h4-8H,3H2,1-2H3,(H,18,19). The van der Waals surface area contributed by atoms with E-state index in [2.05, 4.69) is 5.10 Å². The van der Waals surface area contributed by atoms with E-state index >= 15 is 0 Å². The fourth-order valence-electron chi connectivity index (χ4n) is 1.93. The van der Waals surface area contributed by atoms with Crippen molar-refractivity contribution in [3.05, 3.63) is 46.4 Å². The quantitative estimate of drug-likeness (QED) is 0.916. The zero-order chi connectivity index (χ0) is 14.7. The van der Waals surface area contributed by atoms with Crippen molar-refractivity contribution in [2.45, 2.75) is 13.5 Å². The van der Waals surface area contributed by atoms with Gasteiger partial charge < -0.3 is 9.84 Å². The lowest BCUT2D eigenvalue weighted by atomic mass is 10.0. The summed E-state index contributed by atoms with van der Waals surface area (Å²) in [6.45, 7) is 2.04. The Balaban J connectivity index is 2.70. The average Bonchev–Trinajstić information content (AvgIpc) is 2.46. The number of benzene rings is 1. The molecule has 0 saturated heterocycles. The topological polar surface area (TPSA) is 81.4 Å². The molecule has 0 spiro atoms. The second-order valence-electron chi connectivity index (χ2n) is 4.09. The number of nitrogens with zero attached hydrogens (tertiary/aromatic N) is 2. The highest BCUT2D eigenvalue weighted by Crippen LogP contribution is 2.24. The van der Waals surface area contributed by atoms with Gasteiger partial charge in [0, 0.05) is 12.1 Å². The molecule has 6 heteroatoms. The molecule has 0 aliphatic rings. The minimum Gasteiger partial charge on any atom is -0.497 e. The van der Waals surface area contributed by atoms with E-state index in [1.807, 2.05) is 0 Å². The van der Waals surface area contributed by atoms with E-state index in [0.717, 1.165) is 4.68 Å². The fourth-order valence-corrected chi connectivity index (χ4v) is 1.93.